The molecule has 0 spiro atoms. The summed E-state index contributed by atoms with van der Waals surface area (Å²) in [7, 11) is 0. The van der Waals surface area contributed by atoms with Gasteiger partial charge in [-0.1, -0.05) is 112 Å². The molecule has 0 aliphatic heterocycles. The standard InChI is InChI=1S/C23H46O/c1-6-7-8-9-10-11-12-13-14-15-16-17-18-19-22(24)23(20(2)3)21(4)5/h20-21,23H,6-19H2,1-5H3. The summed E-state index contributed by atoms with van der Waals surface area (Å²) in [5, 5.41) is 0. The van der Waals surface area contributed by atoms with Gasteiger partial charge in [0.05, 0.1) is 0 Å². The lowest BCUT2D eigenvalue weighted by atomic mass is 9.80. The zero-order chi connectivity index (χ0) is 18.2. The Morgan fingerprint density at radius 3 is 1.25 bits per heavy atom. The predicted octanol–water partition coefficient (Wildman–Crippen LogP) is 7.97. The first kappa shape index (κ1) is 23.7. The van der Waals surface area contributed by atoms with Gasteiger partial charge in [0.1, 0.15) is 5.78 Å². The van der Waals surface area contributed by atoms with E-state index in [4.69, 9.17) is 0 Å². The fourth-order valence-electron chi connectivity index (χ4n) is 4.00. The molecule has 0 aliphatic rings. The molecular formula is C23H46O. The van der Waals surface area contributed by atoms with Gasteiger partial charge in [-0.15, -0.1) is 0 Å². The van der Waals surface area contributed by atoms with Gasteiger partial charge in [-0.05, 0) is 18.3 Å². The zero-order valence-electron chi connectivity index (χ0n) is 17.5. The van der Waals surface area contributed by atoms with E-state index in [-0.39, 0.29) is 5.92 Å². The number of ketones is 1. The second-order valence-corrected chi connectivity index (χ2v) is 8.47. The molecule has 144 valence electrons. The maximum atomic E-state index is 12.3. The van der Waals surface area contributed by atoms with E-state index in [0.29, 0.717) is 17.6 Å². The summed E-state index contributed by atoms with van der Waals surface area (Å²) in [5.74, 6) is 1.74. The van der Waals surface area contributed by atoms with Gasteiger partial charge < -0.3 is 0 Å². The zero-order valence-corrected chi connectivity index (χ0v) is 17.5. The summed E-state index contributed by atoms with van der Waals surface area (Å²) in [6, 6.07) is 0. The van der Waals surface area contributed by atoms with Gasteiger partial charge in [0, 0.05) is 12.3 Å². The molecule has 0 aromatic carbocycles. The first-order valence-electron chi connectivity index (χ1n) is 11.0. The third-order valence-electron chi connectivity index (χ3n) is 5.33. The van der Waals surface area contributed by atoms with Crippen LogP contribution in [0.4, 0.5) is 0 Å². The Hall–Kier alpha value is -0.330. The van der Waals surface area contributed by atoms with E-state index in [2.05, 4.69) is 34.6 Å². The topological polar surface area (TPSA) is 17.1 Å². The molecule has 0 aliphatic carbocycles. The Kier molecular flexibility index (Phi) is 15.9. The average molecular weight is 339 g/mol. The van der Waals surface area contributed by atoms with E-state index in [9.17, 15) is 4.79 Å². The molecule has 0 aromatic heterocycles. The predicted molar refractivity (Wildman–Crippen MR) is 108 cm³/mol. The van der Waals surface area contributed by atoms with E-state index in [1.54, 1.807) is 0 Å². The molecule has 24 heavy (non-hydrogen) atoms. The first-order valence-corrected chi connectivity index (χ1v) is 11.0. The summed E-state index contributed by atoms with van der Waals surface area (Å²) in [6.45, 7) is 11.0. The lowest BCUT2D eigenvalue weighted by Crippen LogP contribution is -2.25. The van der Waals surface area contributed by atoms with Gasteiger partial charge >= 0.3 is 0 Å². The highest BCUT2D eigenvalue weighted by molar-refractivity contribution is 5.81. The van der Waals surface area contributed by atoms with E-state index in [1.165, 1.54) is 77.0 Å². The van der Waals surface area contributed by atoms with Crippen LogP contribution in [0.3, 0.4) is 0 Å². The van der Waals surface area contributed by atoms with E-state index >= 15 is 0 Å². The van der Waals surface area contributed by atoms with E-state index in [0.717, 1.165) is 12.8 Å². The molecule has 0 rings (SSSR count). The minimum Gasteiger partial charge on any atom is -0.299 e. The fourth-order valence-corrected chi connectivity index (χ4v) is 4.00. The molecule has 0 aromatic rings. The third-order valence-corrected chi connectivity index (χ3v) is 5.33. The quantitative estimate of drug-likeness (QED) is 0.246. The van der Waals surface area contributed by atoms with Crippen LogP contribution in [0, 0.1) is 17.8 Å². The largest absolute Gasteiger partial charge is 0.299 e. The van der Waals surface area contributed by atoms with Gasteiger partial charge in [0.2, 0.25) is 0 Å². The maximum Gasteiger partial charge on any atom is 0.136 e. The number of rotatable bonds is 17. The van der Waals surface area contributed by atoms with Crippen LogP contribution in [0.5, 0.6) is 0 Å². The smallest absolute Gasteiger partial charge is 0.136 e. The Morgan fingerprint density at radius 2 is 0.917 bits per heavy atom. The SMILES string of the molecule is CCCCCCCCCCCCCCCC(=O)C(C(C)C)C(C)C. The molecule has 0 saturated heterocycles. The van der Waals surface area contributed by atoms with Crippen molar-refractivity contribution in [2.45, 2.75) is 125 Å². The summed E-state index contributed by atoms with van der Waals surface area (Å²) in [5.41, 5.74) is 0. The Bertz CT molecular complexity index is 272. The van der Waals surface area contributed by atoms with Crippen LogP contribution in [0.25, 0.3) is 0 Å². The summed E-state index contributed by atoms with van der Waals surface area (Å²) in [4.78, 5) is 12.3. The molecule has 0 N–H and O–H groups in total. The molecule has 0 atom stereocenters. The van der Waals surface area contributed by atoms with Gasteiger partial charge in [-0.25, -0.2) is 0 Å². The second-order valence-electron chi connectivity index (χ2n) is 8.47. The molecule has 0 radical (unpaired) electrons. The van der Waals surface area contributed by atoms with Gasteiger partial charge in [-0.2, -0.15) is 0 Å². The van der Waals surface area contributed by atoms with Crippen LogP contribution < -0.4 is 0 Å². The Morgan fingerprint density at radius 1 is 0.583 bits per heavy atom. The van der Waals surface area contributed by atoms with Gasteiger partial charge in [0.25, 0.3) is 0 Å². The van der Waals surface area contributed by atoms with Gasteiger partial charge in [-0.3, -0.25) is 4.79 Å². The number of Topliss-reactive ketones (excluding diaryl/α,β-unsaturated/α-hetero) is 1. The van der Waals surface area contributed by atoms with Crippen molar-refractivity contribution in [2.75, 3.05) is 0 Å². The van der Waals surface area contributed by atoms with Crippen molar-refractivity contribution < 1.29 is 4.79 Å². The average Bonchev–Trinajstić information content (AvgIpc) is 2.51. The minimum absolute atomic E-state index is 0.266. The number of hydrogen-bond donors (Lipinski definition) is 0. The molecule has 1 nitrogen and oxygen atoms in total. The van der Waals surface area contributed by atoms with Crippen molar-refractivity contribution in [2.24, 2.45) is 17.8 Å². The van der Waals surface area contributed by atoms with Crippen LogP contribution in [0.1, 0.15) is 125 Å². The number of carbonyl (C=O) groups excluding carboxylic acids is 1. The lowest BCUT2D eigenvalue weighted by Gasteiger charge is -2.23. The van der Waals surface area contributed by atoms with Crippen molar-refractivity contribution in [3.63, 3.8) is 0 Å². The molecular weight excluding hydrogens is 292 g/mol. The number of unbranched alkanes of at least 4 members (excludes halogenated alkanes) is 12. The van der Waals surface area contributed by atoms with Crippen LogP contribution in [0.2, 0.25) is 0 Å². The molecule has 0 fully saturated rings. The molecule has 0 bridgehead atoms. The monoisotopic (exact) mass is 338 g/mol. The van der Waals surface area contributed by atoms with Crippen LogP contribution >= 0.6 is 0 Å². The Balaban J connectivity index is 3.40. The highest BCUT2D eigenvalue weighted by atomic mass is 16.1. The van der Waals surface area contributed by atoms with Crippen LogP contribution in [-0.2, 0) is 4.79 Å². The summed E-state index contributed by atoms with van der Waals surface area (Å²) >= 11 is 0. The lowest BCUT2D eigenvalue weighted by molar-refractivity contribution is -0.125. The fraction of sp³-hybridized carbons (Fsp3) is 0.957. The molecule has 0 amide bonds. The van der Waals surface area contributed by atoms with E-state index in [1.807, 2.05) is 0 Å². The molecule has 0 unspecified atom stereocenters. The van der Waals surface area contributed by atoms with Crippen molar-refractivity contribution in [3.8, 4) is 0 Å². The highest BCUT2D eigenvalue weighted by Gasteiger charge is 2.24. The normalized spacial score (nSPS) is 11.8. The van der Waals surface area contributed by atoms with Crippen molar-refractivity contribution in [1.29, 1.82) is 0 Å². The molecule has 0 saturated carbocycles. The number of carbonyl (C=O) groups is 1. The highest BCUT2D eigenvalue weighted by Crippen LogP contribution is 2.24. The maximum absolute atomic E-state index is 12.3. The molecule has 0 heterocycles. The summed E-state index contributed by atoms with van der Waals surface area (Å²) in [6.07, 6.45) is 18.6. The van der Waals surface area contributed by atoms with Crippen molar-refractivity contribution >= 4 is 5.78 Å². The van der Waals surface area contributed by atoms with Gasteiger partial charge in [0.15, 0.2) is 0 Å². The third kappa shape index (κ3) is 13.0. The summed E-state index contributed by atoms with van der Waals surface area (Å²) < 4.78 is 0. The van der Waals surface area contributed by atoms with Crippen molar-refractivity contribution in [1.82, 2.24) is 0 Å². The Labute approximate surface area is 153 Å². The van der Waals surface area contributed by atoms with Crippen LogP contribution in [0.15, 0.2) is 0 Å². The number of hydrogen-bond acceptors (Lipinski definition) is 1. The molecule has 1 heteroatoms. The second kappa shape index (κ2) is 16.2. The van der Waals surface area contributed by atoms with Crippen LogP contribution in [-0.4, -0.2) is 5.78 Å². The van der Waals surface area contributed by atoms with E-state index < -0.39 is 0 Å². The first-order chi connectivity index (χ1) is 11.5. The minimum atomic E-state index is 0.266. The van der Waals surface area contributed by atoms with Crippen molar-refractivity contribution in [3.05, 3.63) is 0 Å².